The van der Waals surface area contributed by atoms with Gasteiger partial charge in [-0.3, -0.25) is 0 Å². The predicted octanol–water partition coefficient (Wildman–Crippen LogP) is 2.39. The molecule has 0 unspecified atom stereocenters. The summed E-state index contributed by atoms with van der Waals surface area (Å²) in [5.74, 6) is -0.330. The van der Waals surface area contributed by atoms with Gasteiger partial charge in [-0.2, -0.15) is 15.0 Å². The number of hydrogen-bond donors (Lipinski definition) is 2. The molecule has 21 heavy (non-hydrogen) atoms. The van der Waals surface area contributed by atoms with Gasteiger partial charge in [0.15, 0.2) is 0 Å². The lowest BCUT2D eigenvalue weighted by Gasteiger charge is -2.13. The number of benzene rings is 1. The van der Waals surface area contributed by atoms with E-state index in [1.54, 1.807) is 19.0 Å². The molecule has 2 rings (SSSR count). The van der Waals surface area contributed by atoms with Crippen molar-refractivity contribution in [2.45, 2.75) is 6.92 Å². The van der Waals surface area contributed by atoms with E-state index in [4.69, 9.17) is 0 Å². The van der Waals surface area contributed by atoms with E-state index in [1.807, 2.05) is 6.92 Å². The number of halogens is 2. The Balaban J connectivity index is 2.33. The van der Waals surface area contributed by atoms with E-state index in [2.05, 4.69) is 25.6 Å². The fourth-order valence-corrected chi connectivity index (χ4v) is 1.61. The highest BCUT2D eigenvalue weighted by Crippen LogP contribution is 2.18. The lowest BCUT2D eigenvalue weighted by molar-refractivity contribution is 0.584. The normalized spacial score (nSPS) is 10.3. The molecule has 0 fully saturated rings. The minimum atomic E-state index is -0.675. The fourth-order valence-electron chi connectivity index (χ4n) is 1.61. The molecule has 6 nitrogen and oxygen atoms in total. The van der Waals surface area contributed by atoms with E-state index in [0.717, 1.165) is 18.2 Å². The number of aromatic nitrogens is 3. The monoisotopic (exact) mass is 294 g/mol. The van der Waals surface area contributed by atoms with Gasteiger partial charge < -0.3 is 15.5 Å². The van der Waals surface area contributed by atoms with Gasteiger partial charge in [-0.25, -0.2) is 8.78 Å². The summed E-state index contributed by atoms with van der Waals surface area (Å²) in [6.07, 6.45) is 0. The molecule has 8 heteroatoms. The van der Waals surface area contributed by atoms with Crippen molar-refractivity contribution >= 4 is 23.5 Å². The molecule has 2 aromatic rings. The summed E-state index contributed by atoms with van der Waals surface area (Å²) >= 11 is 0. The molecular weight excluding hydrogens is 278 g/mol. The van der Waals surface area contributed by atoms with E-state index in [9.17, 15) is 8.78 Å². The minimum Gasteiger partial charge on any atom is -0.354 e. The molecule has 0 aliphatic rings. The molecule has 0 aliphatic carbocycles. The van der Waals surface area contributed by atoms with Crippen LogP contribution in [0.15, 0.2) is 18.2 Å². The second-order valence-corrected chi connectivity index (χ2v) is 4.49. The summed E-state index contributed by atoms with van der Waals surface area (Å²) in [5.41, 5.74) is 0.228. The number of nitrogens with zero attached hydrogens (tertiary/aromatic N) is 4. The van der Waals surface area contributed by atoms with Crippen molar-refractivity contribution < 1.29 is 8.78 Å². The SMILES string of the molecule is CCNc1nc(Nc2cc(F)cc(F)c2)nc(N(C)C)n1. The molecule has 1 heterocycles. The van der Waals surface area contributed by atoms with Crippen LogP contribution in [0, 0.1) is 11.6 Å². The zero-order valence-corrected chi connectivity index (χ0v) is 12.0. The van der Waals surface area contributed by atoms with Crippen molar-refractivity contribution in [3.8, 4) is 0 Å². The van der Waals surface area contributed by atoms with Gasteiger partial charge in [-0.1, -0.05) is 0 Å². The molecule has 1 aromatic carbocycles. The molecule has 0 amide bonds. The molecule has 0 aliphatic heterocycles. The second kappa shape index (κ2) is 6.29. The molecule has 0 saturated heterocycles. The third-order valence-corrected chi connectivity index (χ3v) is 2.48. The van der Waals surface area contributed by atoms with Gasteiger partial charge >= 0.3 is 0 Å². The van der Waals surface area contributed by atoms with Crippen LogP contribution >= 0.6 is 0 Å². The maximum absolute atomic E-state index is 13.2. The topological polar surface area (TPSA) is 66.0 Å². The number of nitrogens with one attached hydrogen (secondary N) is 2. The van der Waals surface area contributed by atoms with E-state index < -0.39 is 11.6 Å². The molecule has 0 spiro atoms. The van der Waals surface area contributed by atoms with E-state index in [0.29, 0.717) is 18.4 Å². The molecule has 0 bridgehead atoms. The van der Waals surface area contributed by atoms with E-state index in [1.165, 1.54) is 0 Å². The minimum absolute atomic E-state index is 0.203. The summed E-state index contributed by atoms with van der Waals surface area (Å²) < 4.78 is 26.4. The zero-order chi connectivity index (χ0) is 15.4. The smallest absolute Gasteiger partial charge is 0.233 e. The van der Waals surface area contributed by atoms with Gasteiger partial charge in [0.05, 0.1) is 0 Å². The van der Waals surface area contributed by atoms with Crippen molar-refractivity contribution in [1.82, 2.24) is 15.0 Å². The van der Waals surface area contributed by atoms with Crippen LogP contribution in [0.2, 0.25) is 0 Å². The second-order valence-electron chi connectivity index (χ2n) is 4.49. The number of hydrogen-bond acceptors (Lipinski definition) is 6. The van der Waals surface area contributed by atoms with E-state index >= 15 is 0 Å². The Morgan fingerprint density at radius 1 is 1.00 bits per heavy atom. The Bertz CT molecular complexity index is 612. The average molecular weight is 294 g/mol. The quantitative estimate of drug-likeness (QED) is 0.882. The van der Waals surface area contributed by atoms with Crippen molar-refractivity contribution in [1.29, 1.82) is 0 Å². The van der Waals surface area contributed by atoms with Crippen LogP contribution in [0.5, 0.6) is 0 Å². The van der Waals surface area contributed by atoms with E-state index in [-0.39, 0.29) is 11.6 Å². The highest BCUT2D eigenvalue weighted by atomic mass is 19.1. The van der Waals surface area contributed by atoms with Crippen LogP contribution in [-0.2, 0) is 0 Å². The van der Waals surface area contributed by atoms with Gasteiger partial charge in [0.25, 0.3) is 0 Å². The molecule has 0 saturated carbocycles. The van der Waals surface area contributed by atoms with Crippen LogP contribution in [0.25, 0.3) is 0 Å². The first-order chi connectivity index (χ1) is 9.97. The number of rotatable bonds is 5. The fraction of sp³-hybridized carbons (Fsp3) is 0.308. The van der Waals surface area contributed by atoms with Crippen molar-refractivity contribution in [3.63, 3.8) is 0 Å². The number of anilines is 4. The Morgan fingerprint density at radius 3 is 2.19 bits per heavy atom. The largest absolute Gasteiger partial charge is 0.354 e. The molecule has 0 atom stereocenters. The Hall–Kier alpha value is -2.51. The molecular formula is C13H16F2N6. The van der Waals surface area contributed by atoms with Crippen LogP contribution < -0.4 is 15.5 Å². The molecule has 112 valence electrons. The summed E-state index contributed by atoms with van der Waals surface area (Å²) in [7, 11) is 3.58. The average Bonchev–Trinajstić information content (AvgIpc) is 2.37. The van der Waals surface area contributed by atoms with Gasteiger partial charge in [0.2, 0.25) is 17.8 Å². The Labute approximate surface area is 121 Å². The Kier molecular flexibility index (Phi) is 4.46. The van der Waals surface area contributed by atoms with Gasteiger partial charge in [0.1, 0.15) is 11.6 Å². The summed E-state index contributed by atoms with van der Waals surface area (Å²) in [6.45, 7) is 2.55. The third kappa shape index (κ3) is 3.98. The summed E-state index contributed by atoms with van der Waals surface area (Å²) in [4.78, 5) is 14.2. The highest BCUT2D eigenvalue weighted by molar-refractivity contribution is 5.55. The van der Waals surface area contributed by atoms with Gasteiger partial charge in [-0.05, 0) is 19.1 Å². The van der Waals surface area contributed by atoms with Crippen LogP contribution in [-0.4, -0.2) is 35.6 Å². The zero-order valence-electron chi connectivity index (χ0n) is 12.0. The first kappa shape index (κ1) is 14.9. The maximum Gasteiger partial charge on any atom is 0.233 e. The lowest BCUT2D eigenvalue weighted by atomic mass is 10.3. The first-order valence-corrected chi connectivity index (χ1v) is 6.38. The molecule has 2 N–H and O–H groups in total. The molecule has 0 radical (unpaired) electrons. The van der Waals surface area contributed by atoms with Crippen molar-refractivity contribution in [3.05, 3.63) is 29.8 Å². The summed E-state index contributed by atoms with van der Waals surface area (Å²) in [5, 5.41) is 5.75. The third-order valence-electron chi connectivity index (χ3n) is 2.48. The van der Waals surface area contributed by atoms with Crippen LogP contribution in [0.1, 0.15) is 6.92 Å². The first-order valence-electron chi connectivity index (χ1n) is 6.38. The summed E-state index contributed by atoms with van der Waals surface area (Å²) in [6, 6.07) is 3.12. The van der Waals surface area contributed by atoms with Gasteiger partial charge in [0, 0.05) is 32.4 Å². The van der Waals surface area contributed by atoms with Crippen molar-refractivity contribution in [2.75, 3.05) is 36.2 Å². The standard InChI is InChI=1S/C13H16F2N6/c1-4-16-11-18-12(20-13(19-11)21(2)3)17-10-6-8(14)5-9(15)7-10/h5-7H,4H2,1-3H3,(H2,16,17,18,19,20). The van der Waals surface area contributed by atoms with Gasteiger partial charge in [-0.15, -0.1) is 0 Å². The highest BCUT2D eigenvalue weighted by Gasteiger charge is 2.09. The van der Waals surface area contributed by atoms with Crippen LogP contribution in [0.4, 0.5) is 32.3 Å². The Morgan fingerprint density at radius 2 is 1.62 bits per heavy atom. The lowest BCUT2D eigenvalue weighted by Crippen LogP contribution is -2.16. The molecule has 1 aromatic heterocycles. The maximum atomic E-state index is 13.2. The van der Waals surface area contributed by atoms with Crippen LogP contribution in [0.3, 0.4) is 0 Å². The van der Waals surface area contributed by atoms with Crippen molar-refractivity contribution in [2.24, 2.45) is 0 Å². The predicted molar refractivity (Wildman–Crippen MR) is 78.0 cm³/mol.